The van der Waals surface area contributed by atoms with Gasteiger partial charge in [-0.2, -0.15) is 5.10 Å². The van der Waals surface area contributed by atoms with Crippen LogP contribution >= 0.6 is 0 Å². The molecule has 0 bridgehead atoms. The van der Waals surface area contributed by atoms with Crippen LogP contribution in [0.4, 0.5) is 11.4 Å². The average Bonchev–Trinajstić information content (AvgIpc) is 2.85. The number of hydrogen-bond acceptors (Lipinski definition) is 5. The van der Waals surface area contributed by atoms with Gasteiger partial charge in [0.05, 0.1) is 5.52 Å². The molecule has 0 saturated heterocycles. The van der Waals surface area contributed by atoms with Gasteiger partial charge >= 0.3 is 0 Å². The van der Waals surface area contributed by atoms with Crippen molar-refractivity contribution in [1.82, 2.24) is 19.7 Å². The van der Waals surface area contributed by atoms with Crippen LogP contribution in [0, 0.1) is 6.92 Å². The van der Waals surface area contributed by atoms with Crippen molar-refractivity contribution in [3.05, 3.63) is 42.1 Å². The van der Waals surface area contributed by atoms with Gasteiger partial charge in [0.15, 0.2) is 5.82 Å². The van der Waals surface area contributed by atoms with Crippen molar-refractivity contribution in [1.29, 1.82) is 0 Å². The lowest BCUT2D eigenvalue weighted by Crippen LogP contribution is -2.07. The maximum absolute atomic E-state index is 5.87. The molecule has 0 unspecified atom stereocenters. The van der Waals surface area contributed by atoms with Crippen LogP contribution in [-0.4, -0.2) is 26.3 Å². The summed E-state index contributed by atoms with van der Waals surface area (Å²) < 4.78 is 1.71. The molecule has 6 nitrogen and oxygen atoms in total. The van der Waals surface area contributed by atoms with Gasteiger partial charge in [-0.25, -0.2) is 4.98 Å². The Morgan fingerprint density at radius 2 is 2.14 bits per heavy atom. The fourth-order valence-electron chi connectivity index (χ4n) is 2.33. The van der Waals surface area contributed by atoms with E-state index in [1.165, 1.54) is 0 Å². The minimum absolute atomic E-state index is 0.739. The first-order chi connectivity index (χ1) is 10.1. The molecule has 3 aromatic rings. The lowest BCUT2D eigenvalue weighted by atomic mass is 10.1. The van der Waals surface area contributed by atoms with E-state index < -0.39 is 0 Å². The molecule has 6 heteroatoms. The summed E-state index contributed by atoms with van der Waals surface area (Å²) in [6, 6.07) is 7.80. The van der Waals surface area contributed by atoms with Crippen molar-refractivity contribution in [3.8, 4) is 0 Å². The predicted octanol–water partition coefficient (Wildman–Crippen LogP) is 1.91. The molecule has 0 aliphatic heterocycles. The van der Waals surface area contributed by atoms with Crippen LogP contribution in [0.25, 0.3) is 10.9 Å². The van der Waals surface area contributed by atoms with Crippen LogP contribution in [-0.2, 0) is 13.5 Å². The highest BCUT2D eigenvalue weighted by molar-refractivity contribution is 5.93. The number of rotatable bonds is 4. The highest BCUT2D eigenvalue weighted by Crippen LogP contribution is 2.25. The third-order valence-electron chi connectivity index (χ3n) is 3.27. The Bertz CT molecular complexity index is 777. The van der Waals surface area contributed by atoms with Gasteiger partial charge < -0.3 is 11.1 Å². The molecule has 2 aromatic heterocycles. The number of nitrogens with zero attached hydrogens (tertiary/aromatic N) is 4. The Hall–Kier alpha value is -2.63. The van der Waals surface area contributed by atoms with Crippen LogP contribution in [0.3, 0.4) is 0 Å². The molecule has 3 rings (SSSR count). The van der Waals surface area contributed by atoms with E-state index in [4.69, 9.17) is 5.73 Å². The molecule has 0 radical (unpaired) electrons. The number of pyridine rings is 1. The van der Waals surface area contributed by atoms with Gasteiger partial charge in [-0.1, -0.05) is 0 Å². The summed E-state index contributed by atoms with van der Waals surface area (Å²) >= 11 is 0. The summed E-state index contributed by atoms with van der Waals surface area (Å²) in [7, 11) is 1.87. The fourth-order valence-corrected chi connectivity index (χ4v) is 2.33. The zero-order chi connectivity index (χ0) is 14.8. The number of hydrogen-bond donors (Lipinski definition) is 2. The van der Waals surface area contributed by atoms with E-state index in [1.807, 2.05) is 38.2 Å². The molecule has 108 valence electrons. The van der Waals surface area contributed by atoms with Crippen LogP contribution in [0.5, 0.6) is 0 Å². The van der Waals surface area contributed by atoms with E-state index in [9.17, 15) is 0 Å². The van der Waals surface area contributed by atoms with Gasteiger partial charge in [0.25, 0.3) is 0 Å². The zero-order valence-electron chi connectivity index (χ0n) is 12.2. The maximum Gasteiger partial charge on any atom is 0.152 e. The summed E-state index contributed by atoms with van der Waals surface area (Å²) in [5, 5.41) is 8.73. The summed E-state index contributed by atoms with van der Waals surface area (Å²) in [4.78, 5) is 8.74. The molecule has 2 heterocycles. The Morgan fingerprint density at radius 3 is 2.90 bits per heavy atom. The lowest BCUT2D eigenvalue weighted by Gasteiger charge is -2.10. The Kier molecular flexibility index (Phi) is 3.43. The monoisotopic (exact) mass is 282 g/mol. The van der Waals surface area contributed by atoms with Crippen LogP contribution in [0.1, 0.15) is 11.5 Å². The summed E-state index contributed by atoms with van der Waals surface area (Å²) in [6.45, 7) is 2.75. The van der Waals surface area contributed by atoms with Crippen molar-refractivity contribution in [3.63, 3.8) is 0 Å². The maximum atomic E-state index is 5.87. The van der Waals surface area contributed by atoms with Crippen molar-refractivity contribution in [2.45, 2.75) is 13.3 Å². The van der Waals surface area contributed by atoms with Crippen LogP contribution in [0.15, 0.2) is 30.6 Å². The molecule has 3 N–H and O–H groups in total. The first-order valence-corrected chi connectivity index (χ1v) is 6.87. The lowest BCUT2D eigenvalue weighted by molar-refractivity contribution is 0.742. The smallest absolute Gasteiger partial charge is 0.152 e. The summed E-state index contributed by atoms with van der Waals surface area (Å²) in [5.74, 6) is 0.833. The first kappa shape index (κ1) is 13.4. The number of nitrogen functional groups attached to an aromatic ring is 1. The van der Waals surface area contributed by atoms with Crippen LogP contribution in [0.2, 0.25) is 0 Å². The van der Waals surface area contributed by atoms with Crippen molar-refractivity contribution >= 4 is 22.3 Å². The fraction of sp³-hybridized carbons (Fsp3) is 0.267. The molecular weight excluding hydrogens is 264 g/mol. The minimum atomic E-state index is 0.739. The zero-order valence-corrected chi connectivity index (χ0v) is 12.2. The third-order valence-corrected chi connectivity index (χ3v) is 3.27. The second kappa shape index (κ2) is 5.40. The molecule has 0 aliphatic rings. The van der Waals surface area contributed by atoms with Gasteiger partial charge in [0, 0.05) is 42.5 Å². The van der Waals surface area contributed by atoms with Gasteiger partial charge in [-0.05, 0) is 31.2 Å². The number of fused-ring (bicyclic) bond motifs is 1. The molecule has 0 atom stereocenters. The van der Waals surface area contributed by atoms with Crippen molar-refractivity contribution < 1.29 is 0 Å². The molecule has 0 aliphatic carbocycles. The minimum Gasteiger partial charge on any atom is -0.399 e. The summed E-state index contributed by atoms with van der Waals surface area (Å²) in [6.07, 6.45) is 2.48. The first-order valence-electron chi connectivity index (χ1n) is 6.87. The highest BCUT2D eigenvalue weighted by atomic mass is 15.3. The standard InChI is InChI=1S/C15H18N6/c1-10-7-14(12-8-11(16)3-4-13(12)19-10)17-6-5-15-18-9-21(2)20-15/h3-4,7-9H,5-6,16H2,1-2H3,(H,17,19). The Morgan fingerprint density at radius 1 is 1.29 bits per heavy atom. The highest BCUT2D eigenvalue weighted by Gasteiger charge is 2.05. The molecular formula is C15H18N6. The molecule has 0 saturated carbocycles. The van der Waals surface area contributed by atoms with E-state index in [0.717, 1.165) is 46.8 Å². The van der Waals surface area contributed by atoms with E-state index in [1.54, 1.807) is 11.0 Å². The second-order valence-electron chi connectivity index (χ2n) is 5.10. The van der Waals surface area contributed by atoms with Gasteiger partial charge in [0.1, 0.15) is 6.33 Å². The van der Waals surface area contributed by atoms with E-state index in [0.29, 0.717) is 0 Å². The van der Waals surface area contributed by atoms with E-state index >= 15 is 0 Å². The Balaban J connectivity index is 1.81. The van der Waals surface area contributed by atoms with Gasteiger partial charge in [0.2, 0.25) is 0 Å². The molecule has 0 fully saturated rings. The molecule has 0 amide bonds. The number of anilines is 2. The Labute approximate surface area is 123 Å². The SMILES string of the molecule is Cc1cc(NCCc2ncn(C)n2)c2cc(N)ccc2n1. The predicted molar refractivity (Wildman–Crippen MR) is 84.1 cm³/mol. The van der Waals surface area contributed by atoms with Crippen molar-refractivity contribution in [2.24, 2.45) is 7.05 Å². The average molecular weight is 282 g/mol. The number of nitrogens with two attached hydrogens (primary N) is 1. The molecule has 21 heavy (non-hydrogen) atoms. The van der Waals surface area contributed by atoms with Gasteiger partial charge in [-0.15, -0.1) is 0 Å². The second-order valence-corrected chi connectivity index (χ2v) is 5.10. The molecule has 1 aromatic carbocycles. The number of benzene rings is 1. The topological polar surface area (TPSA) is 81.7 Å². The van der Waals surface area contributed by atoms with Gasteiger partial charge in [-0.3, -0.25) is 9.67 Å². The van der Waals surface area contributed by atoms with Crippen molar-refractivity contribution in [2.75, 3.05) is 17.6 Å². The number of aromatic nitrogens is 4. The third kappa shape index (κ3) is 2.94. The largest absolute Gasteiger partial charge is 0.399 e. The summed E-state index contributed by atoms with van der Waals surface area (Å²) in [5.41, 5.74) is 9.58. The van der Waals surface area contributed by atoms with Crippen LogP contribution < -0.4 is 11.1 Å². The molecule has 0 spiro atoms. The normalized spacial score (nSPS) is 11.0. The van der Waals surface area contributed by atoms with E-state index in [-0.39, 0.29) is 0 Å². The number of aryl methyl sites for hydroxylation is 2. The number of nitrogens with one attached hydrogen (secondary N) is 1. The van der Waals surface area contributed by atoms with E-state index in [2.05, 4.69) is 20.4 Å². The quantitative estimate of drug-likeness (QED) is 0.714.